The largest absolute Gasteiger partial charge is 0.495 e. The molecule has 0 aliphatic heterocycles. The first-order chi connectivity index (χ1) is 8.93. The number of nitrogens with one attached hydrogen (secondary N) is 2. The second kappa shape index (κ2) is 6.95. The molecule has 0 aliphatic rings. The molecule has 2 amide bonds. The molecule has 1 atom stereocenters. The minimum atomic E-state index is -1.64. The van der Waals surface area contributed by atoms with Gasteiger partial charge in [0.15, 0.2) is 6.10 Å². The van der Waals surface area contributed by atoms with Crippen molar-refractivity contribution in [2.24, 2.45) is 0 Å². The highest BCUT2D eigenvalue weighted by atomic mass is 79.9. The van der Waals surface area contributed by atoms with Gasteiger partial charge in [0.05, 0.1) is 19.3 Å². The van der Waals surface area contributed by atoms with Crippen LogP contribution in [0, 0.1) is 0 Å². The lowest BCUT2D eigenvalue weighted by atomic mass is 10.3. The second-order valence-corrected chi connectivity index (χ2v) is 4.45. The molecule has 0 fully saturated rings. The molecule has 19 heavy (non-hydrogen) atoms. The van der Waals surface area contributed by atoms with E-state index < -0.39 is 24.6 Å². The first-order valence-corrected chi connectivity index (χ1v) is 6.02. The van der Waals surface area contributed by atoms with E-state index in [1.54, 1.807) is 18.2 Å². The number of urea groups is 1. The summed E-state index contributed by atoms with van der Waals surface area (Å²) in [7, 11) is 1.46. The third-order valence-corrected chi connectivity index (χ3v) is 2.64. The van der Waals surface area contributed by atoms with E-state index >= 15 is 0 Å². The van der Waals surface area contributed by atoms with Gasteiger partial charge in [-0.05, 0) is 18.2 Å². The van der Waals surface area contributed by atoms with Crippen LogP contribution in [0.5, 0.6) is 5.75 Å². The van der Waals surface area contributed by atoms with Crippen LogP contribution in [0.4, 0.5) is 10.5 Å². The molecule has 0 aliphatic carbocycles. The monoisotopic (exact) mass is 332 g/mol. The number of hydrogen-bond acceptors (Lipinski definition) is 4. The Hall–Kier alpha value is -1.80. The average molecular weight is 333 g/mol. The molecule has 0 bridgehead atoms. The zero-order valence-electron chi connectivity index (χ0n) is 10.0. The molecule has 0 unspecified atom stereocenters. The van der Waals surface area contributed by atoms with Crippen LogP contribution in [0.2, 0.25) is 0 Å². The summed E-state index contributed by atoms with van der Waals surface area (Å²) in [5.74, 6) is -0.947. The Morgan fingerprint density at radius 1 is 1.47 bits per heavy atom. The Labute approximate surface area is 117 Å². The van der Waals surface area contributed by atoms with E-state index in [4.69, 9.17) is 14.9 Å². The summed E-state index contributed by atoms with van der Waals surface area (Å²) in [5, 5.41) is 22.2. The number of benzene rings is 1. The number of hydrogen-bond donors (Lipinski definition) is 4. The number of halogens is 1. The smallest absolute Gasteiger partial charge is 0.334 e. The molecule has 1 aromatic carbocycles. The number of carboxylic acids is 1. The van der Waals surface area contributed by atoms with Crippen LogP contribution in [-0.2, 0) is 4.79 Å². The van der Waals surface area contributed by atoms with Crippen molar-refractivity contribution >= 4 is 33.6 Å². The Morgan fingerprint density at radius 3 is 2.74 bits per heavy atom. The highest BCUT2D eigenvalue weighted by molar-refractivity contribution is 9.10. The summed E-state index contributed by atoms with van der Waals surface area (Å²) in [6, 6.07) is 4.39. The maximum Gasteiger partial charge on any atom is 0.334 e. The van der Waals surface area contributed by atoms with Gasteiger partial charge < -0.3 is 25.6 Å². The lowest BCUT2D eigenvalue weighted by Gasteiger charge is -2.12. The van der Waals surface area contributed by atoms with Crippen molar-refractivity contribution in [1.82, 2.24) is 5.32 Å². The highest BCUT2D eigenvalue weighted by Gasteiger charge is 2.14. The van der Waals surface area contributed by atoms with Crippen LogP contribution in [0.15, 0.2) is 22.7 Å². The molecule has 104 valence electrons. The fourth-order valence-electron chi connectivity index (χ4n) is 1.22. The minimum Gasteiger partial charge on any atom is -0.495 e. The zero-order valence-corrected chi connectivity index (χ0v) is 11.6. The lowest BCUT2D eigenvalue weighted by molar-refractivity contribution is -0.146. The predicted octanol–water partition coefficient (Wildman–Crippen LogP) is 1.02. The quantitative estimate of drug-likeness (QED) is 0.644. The molecular weight excluding hydrogens is 320 g/mol. The summed E-state index contributed by atoms with van der Waals surface area (Å²) < 4.78 is 5.80. The maximum absolute atomic E-state index is 11.5. The van der Waals surface area contributed by atoms with Crippen molar-refractivity contribution in [2.45, 2.75) is 6.10 Å². The molecule has 0 spiro atoms. The third kappa shape index (κ3) is 4.76. The van der Waals surface area contributed by atoms with Gasteiger partial charge in [0, 0.05) is 4.47 Å². The summed E-state index contributed by atoms with van der Waals surface area (Å²) in [6.07, 6.45) is -1.64. The molecule has 4 N–H and O–H groups in total. The van der Waals surface area contributed by atoms with E-state index in [1.165, 1.54) is 7.11 Å². The fraction of sp³-hybridized carbons (Fsp3) is 0.273. The molecule has 0 heterocycles. The van der Waals surface area contributed by atoms with Gasteiger partial charge in [-0.15, -0.1) is 0 Å². The maximum atomic E-state index is 11.5. The van der Waals surface area contributed by atoms with Crippen LogP contribution < -0.4 is 15.4 Å². The SMILES string of the molecule is COc1ccc(Br)cc1NC(=O)NC[C@H](O)C(=O)O. The Kier molecular flexibility index (Phi) is 5.58. The van der Waals surface area contributed by atoms with E-state index in [-0.39, 0.29) is 0 Å². The molecular formula is C11H13BrN2O5. The standard InChI is InChI=1S/C11H13BrN2O5/c1-19-9-3-2-6(12)4-7(9)14-11(18)13-5-8(15)10(16)17/h2-4,8,15H,5H2,1H3,(H,16,17)(H2,13,14,18)/t8-/m0/s1. The van der Waals surface area contributed by atoms with E-state index in [9.17, 15) is 9.59 Å². The number of aliphatic carboxylic acids is 1. The predicted molar refractivity (Wildman–Crippen MR) is 71.4 cm³/mol. The van der Waals surface area contributed by atoms with Crippen molar-refractivity contribution in [1.29, 1.82) is 0 Å². The number of aliphatic hydroxyl groups excluding tert-OH is 1. The number of aliphatic hydroxyl groups is 1. The Morgan fingerprint density at radius 2 is 2.16 bits per heavy atom. The topological polar surface area (TPSA) is 108 Å². The van der Waals surface area contributed by atoms with Crippen LogP contribution in [0.25, 0.3) is 0 Å². The van der Waals surface area contributed by atoms with E-state index in [2.05, 4.69) is 26.6 Å². The average Bonchev–Trinajstić information content (AvgIpc) is 2.36. The molecule has 1 rings (SSSR count). The lowest BCUT2D eigenvalue weighted by Crippen LogP contribution is -2.38. The van der Waals surface area contributed by atoms with E-state index in [0.717, 1.165) is 4.47 Å². The summed E-state index contributed by atoms with van der Waals surface area (Å²) in [5.41, 5.74) is 0.416. The van der Waals surface area contributed by atoms with Crippen molar-refractivity contribution < 1.29 is 24.5 Å². The number of amides is 2. The summed E-state index contributed by atoms with van der Waals surface area (Å²) in [4.78, 5) is 21.9. The second-order valence-electron chi connectivity index (χ2n) is 3.53. The molecule has 8 heteroatoms. The van der Waals surface area contributed by atoms with Crippen molar-refractivity contribution in [3.8, 4) is 5.75 Å². The normalized spacial score (nSPS) is 11.5. The number of methoxy groups -OCH3 is 1. The number of carbonyl (C=O) groups excluding carboxylic acids is 1. The van der Waals surface area contributed by atoms with Gasteiger partial charge in [0.2, 0.25) is 0 Å². The molecule has 0 radical (unpaired) electrons. The molecule has 1 aromatic rings. The van der Waals surface area contributed by atoms with Crippen molar-refractivity contribution in [3.63, 3.8) is 0 Å². The van der Waals surface area contributed by atoms with Gasteiger partial charge in [-0.3, -0.25) is 0 Å². The number of anilines is 1. The van der Waals surface area contributed by atoms with Gasteiger partial charge in [-0.25, -0.2) is 9.59 Å². The van der Waals surface area contributed by atoms with E-state index in [0.29, 0.717) is 11.4 Å². The molecule has 0 saturated heterocycles. The summed E-state index contributed by atoms with van der Waals surface area (Å²) >= 11 is 3.25. The molecule has 7 nitrogen and oxygen atoms in total. The number of ether oxygens (including phenoxy) is 1. The Bertz CT molecular complexity index is 480. The number of carbonyl (C=O) groups is 2. The van der Waals surface area contributed by atoms with Crippen molar-refractivity contribution in [2.75, 3.05) is 19.0 Å². The first-order valence-electron chi connectivity index (χ1n) is 5.23. The van der Waals surface area contributed by atoms with Gasteiger partial charge in [-0.1, -0.05) is 15.9 Å². The fourth-order valence-corrected chi connectivity index (χ4v) is 1.58. The Balaban J connectivity index is 2.62. The molecule has 0 saturated carbocycles. The van der Waals surface area contributed by atoms with Crippen LogP contribution in [0.3, 0.4) is 0 Å². The van der Waals surface area contributed by atoms with Crippen LogP contribution >= 0.6 is 15.9 Å². The zero-order chi connectivity index (χ0) is 14.4. The number of carboxylic acid groups (broad SMARTS) is 1. The molecule has 0 aromatic heterocycles. The van der Waals surface area contributed by atoms with Gasteiger partial charge >= 0.3 is 12.0 Å². The van der Waals surface area contributed by atoms with Crippen molar-refractivity contribution in [3.05, 3.63) is 22.7 Å². The summed E-state index contributed by atoms with van der Waals surface area (Å²) in [6.45, 7) is -0.391. The van der Waals surface area contributed by atoms with Crippen LogP contribution in [-0.4, -0.2) is 42.0 Å². The number of rotatable bonds is 5. The van der Waals surface area contributed by atoms with Crippen LogP contribution in [0.1, 0.15) is 0 Å². The highest BCUT2D eigenvalue weighted by Crippen LogP contribution is 2.27. The first kappa shape index (κ1) is 15.3. The van der Waals surface area contributed by atoms with Gasteiger partial charge in [-0.2, -0.15) is 0 Å². The van der Waals surface area contributed by atoms with E-state index in [1.807, 2.05) is 0 Å². The van der Waals surface area contributed by atoms with Gasteiger partial charge in [0.1, 0.15) is 5.75 Å². The minimum absolute atomic E-state index is 0.391. The third-order valence-electron chi connectivity index (χ3n) is 2.15. The van der Waals surface area contributed by atoms with Gasteiger partial charge in [0.25, 0.3) is 0 Å².